The number of hydrogen-bond donors (Lipinski definition) is 1. The molecule has 1 saturated heterocycles. The predicted molar refractivity (Wildman–Crippen MR) is 83.2 cm³/mol. The number of rotatable bonds is 3. The zero-order chi connectivity index (χ0) is 15.5. The topological polar surface area (TPSA) is 57.6 Å². The summed E-state index contributed by atoms with van der Waals surface area (Å²) in [6, 6.07) is 10.3. The van der Waals surface area contributed by atoms with Gasteiger partial charge in [0.1, 0.15) is 0 Å². The van der Waals surface area contributed by atoms with Crippen molar-refractivity contribution >= 4 is 11.9 Å². The van der Waals surface area contributed by atoms with Crippen LogP contribution in [0.25, 0.3) is 0 Å². The number of carbonyl (C=O) groups is 2. The molecule has 1 aliphatic carbocycles. The van der Waals surface area contributed by atoms with Crippen molar-refractivity contribution < 1.29 is 14.7 Å². The third kappa shape index (κ3) is 2.87. The first-order valence-corrected chi connectivity index (χ1v) is 8.26. The first-order chi connectivity index (χ1) is 10.7. The Hall–Kier alpha value is -1.84. The van der Waals surface area contributed by atoms with Crippen LogP contribution < -0.4 is 0 Å². The van der Waals surface area contributed by atoms with Crippen molar-refractivity contribution in [2.75, 3.05) is 6.54 Å². The summed E-state index contributed by atoms with van der Waals surface area (Å²) in [5, 5.41) is 9.22. The van der Waals surface area contributed by atoms with Crippen LogP contribution in [0.1, 0.15) is 50.1 Å². The summed E-state index contributed by atoms with van der Waals surface area (Å²) in [7, 11) is 0. The van der Waals surface area contributed by atoms with Crippen molar-refractivity contribution in [1.29, 1.82) is 0 Å². The second-order valence-electron chi connectivity index (χ2n) is 6.44. The number of aliphatic carboxylic acids is 1. The third-order valence-electron chi connectivity index (χ3n) is 5.13. The molecule has 1 heterocycles. The Morgan fingerprint density at radius 2 is 1.68 bits per heavy atom. The summed E-state index contributed by atoms with van der Waals surface area (Å²) in [5.41, 5.74) is 1.17. The molecule has 3 rings (SSSR count). The van der Waals surface area contributed by atoms with E-state index in [4.69, 9.17) is 0 Å². The highest BCUT2D eigenvalue weighted by Gasteiger charge is 2.44. The van der Waals surface area contributed by atoms with Gasteiger partial charge in [0, 0.05) is 6.54 Å². The highest BCUT2D eigenvalue weighted by molar-refractivity contribution is 5.86. The van der Waals surface area contributed by atoms with Gasteiger partial charge in [-0.15, -0.1) is 0 Å². The zero-order valence-corrected chi connectivity index (χ0v) is 12.8. The number of carboxylic acid groups (broad SMARTS) is 1. The van der Waals surface area contributed by atoms with Crippen molar-refractivity contribution in [2.45, 2.75) is 44.6 Å². The van der Waals surface area contributed by atoms with Crippen LogP contribution in [0.5, 0.6) is 0 Å². The van der Waals surface area contributed by atoms with Crippen LogP contribution in [0.3, 0.4) is 0 Å². The zero-order valence-electron chi connectivity index (χ0n) is 12.8. The van der Waals surface area contributed by atoms with E-state index in [-0.39, 0.29) is 17.9 Å². The Morgan fingerprint density at radius 1 is 0.955 bits per heavy atom. The van der Waals surface area contributed by atoms with E-state index in [2.05, 4.69) is 12.1 Å². The van der Waals surface area contributed by atoms with E-state index >= 15 is 0 Å². The van der Waals surface area contributed by atoms with Gasteiger partial charge < -0.3 is 10.0 Å². The van der Waals surface area contributed by atoms with Crippen LogP contribution in [0.2, 0.25) is 0 Å². The molecule has 1 aliphatic heterocycles. The first kappa shape index (κ1) is 15.1. The molecule has 0 aromatic heterocycles. The van der Waals surface area contributed by atoms with Crippen LogP contribution in [0.15, 0.2) is 30.3 Å². The summed E-state index contributed by atoms with van der Waals surface area (Å²) < 4.78 is 0. The van der Waals surface area contributed by atoms with Crippen molar-refractivity contribution in [1.82, 2.24) is 4.90 Å². The average molecular weight is 301 g/mol. The lowest BCUT2D eigenvalue weighted by molar-refractivity contribution is -0.157. The molecule has 0 spiro atoms. The normalized spacial score (nSPS) is 28.5. The fourth-order valence-electron chi connectivity index (χ4n) is 3.70. The molecule has 22 heavy (non-hydrogen) atoms. The molecule has 2 aliphatic rings. The maximum atomic E-state index is 12.9. The summed E-state index contributed by atoms with van der Waals surface area (Å²) in [6.07, 6.45) is 5.60. The molecule has 3 unspecified atom stereocenters. The number of nitrogens with zero attached hydrogens (tertiary/aromatic N) is 1. The Balaban J connectivity index is 1.81. The van der Waals surface area contributed by atoms with Gasteiger partial charge in [-0.25, -0.2) is 0 Å². The summed E-state index contributed by atoms with van der Waals surface area (Å²) in [6.45, 7) is 0.751. The van der Waals surface area contributed by atoms with Crippen molar-refractivity contribution in [3.8, 4) is 0 Å². The largest absolute Gasteiger partial charge is 0.481 e. The lowest BCUT2D eigenvalue weighted by Gasteiger charge is -2.39. The van der Waals surface area contributed by atoms with Gasteiger partial charge in [-0.3, -0.25) is 9.59 Å². The molecule has 3 atom stereocenters. The molecular weight excluding hydrogens is 278 g/mol. The van der Waals surface area contributed by atoms with Crippen LogP contribution in [0.4, 0.5) is 0 Å². The fraction of sp³-hybridized carbons (Fsp3) is 0.556. The molecule has 0 bridgehead atoms. The number of amides is 1. The monoisotopic (exact) mass is 301 g/mol. The van der Waals surface area contributed by atoms with Gasteiger partial charge in [0.15, 0.2) is 0 Å². The Kier molecular flexibility index (Phi) is 4.46. The standard InChI is InChI=1S/C18H23NO3/c20-17(14-10-11-15(14)18(21)22)19-12-6-2-5-9-16(19)13-7-3-1-4-8-13/h1,3-4,7-8,14-16H,2,5-6,9-12H2,(H,21,22). The van der Waals surface area contributed by atoms with Crippen LogP contribution in [-0.4, -0.2) is 28.4 Å². The molecule has 0 radical (unpaired) electrons. The van der Waals surface area contributed by atoms with Crippen LogP contribution in [0, 0.1) is 11.8 Å². The number of carboxylic acids is 1. The number of hydrogen-bond acceptors (Lipinski definition) is 2. The van der Waals surface area contributed by atoms with E-state index in [0.717, 1.165) is 32.2 Å². The molecule has 1 amide bonds. The fourth-order valence-corrected chi connectivity index (χ4v) is 3.70. The smallest absolute Gasteiger partial charge is 0.307 e. The highest BCUT2D eigenvalue weighted by Crippen LogP contribution is 2.39. The van der Waals surface area contributed by atoms with Gasteiger partial charge in [-0.1, -0.05) is 43.2 Å². The Morgan fingerprint density at radius 3 is 2.32 bits per heavy atom. The number of carbonyl (C=O) groups excluding carboxylic acids is 1. The summed E-state index contributed by atoms with van der Waals surface area (Å²) in [5.74, 6) is -1.57. The molecule has 118 valence electrons. The summed E-state index contributed by atoms with van der Waals surface area (Å²) >= 11 is 0. The second-order valence-corrected chi connectivity index (χ2v) is 6.44. The Labute approximate surface area is 131 Å². The maximum Gasteiger partial charge on any atom is 0.307 e. The van der Waals surface area contributed by atoms with E-state index in [1.807, 2.05) is 23.1 Å². The molecule has 2 fully saturated rings. The van der Waals surface area contributed by atoms with Gasteiger partial charge >= 0.3 is 5.97 Å². The molecule has 4 heteroatoms. The minimum atomic E-state index is -0.823. The van der Waals surface area contributed by atoms with Gasteiger partial charge in [0.05, 0.1) is 17.9 Å². The predicted octanol–water partition coefficient (Wildman–Crippen LogP) is 3.24. The minimum Gasteiger partial charge on any atom is -0.481 e. The first-order valence-electron chi connectivity index (χ1n) is 8.26. The van der Waals surface area contributed by atoms with Crippen LogP contribution in [-0.2, 0) is 9.59 Å². The number of likely N-dealkylation sites (tertiary alicyclic amines) is 1. The lowest BCUT2D eigenvalue weighted by Crippen LogP contribution is -2.47. The van der Waals surface area contributed by atoms with E-state index in [0.29, 0.717) is 12.8 Å². The second kappa shape index (κ2) is 6.51. The highest BCUT2D eigenvalue weighted by atomic mass is 16.4. The molecule has 1 saturated carbocycles. The summed E-state index contributed by atoms with van der Waals surface area (Å²) in [4.78, 5) is 26.1. The van der Waals surface area contributed by atoms with Gasteiger partial charge in [-0.05, 0) is 31.2 Å². The quantitative estimate of drug-likeness (QED) is 0.932. The third-order valence-corrected chi connectivity index (χ3v) is 5.13. The molecule has 1 aromatic carbocycles. The Bertz CT molecular complexity index is 543. The van der Waals surface area contributed by atoms with Crippen molar-refractivity contribution in [3.05, 3.63) is 35.9 Å². The SMILES string of the molecule is O=C(O)C1CCC1C(=O)N1CCCCCC1c1ccccc1. The van der Waals surface area contributed by atoms with E-state index in [1.165, 1.54) is 5.56 Å². The van der Waals surface area contributed by atoms with E-state index in [1.54, 1.807) is 0 Å². The van der Waals surface area contributed by atoms with Crippen LogP contribution >= 0.6 is 0 Å². The van der Waals surface area contributed by atoms with E-state index in [9.17, 15) is 14.7 Å². The van der Waals surface area contributed by atoms with Crippen molar-refractivity contribution in [2.24, 2.45) is 11.8 Å². The van der Waals surface area contributed by atoms with E-state index < -0.39 is 11.9 Å². The molecule has 1 aromatic rings. The lowest BCUT2D eigenvalue weighted by atomic mass is 9.72. The van der Waals surface area contributed by atoms with Gasteiger partial charge in [0.2, 0.25) is 5.91 Å². The van der Waals surface area contributed by atoms with Gasteiger partial charge in [-0.2, -0.15) is 0 Å². The minimum absolute atomic E-state index is 0.0504. The number of benzene rings is 1. The van der Waals surface area contributed by atoms with Gasteiger partial charge in [0.25, 0.3) is 0 Å². The molecule has 1 N–H and O–H groups in total. The average Bonchev–Trinajstić information content (AvgIpc) is 2.72. The van der Waals surface area contributed by atoms with Crippen molar-refractivity contribution in [3.63, 3.8) is 0 Å². The molecular formula is C18H23NO3. The maximum absolute atomic E-state index is 12.9. The molecule has 4 nitrogen and oxygen atoms in total.